The first-order valence-electron chi connectivity index (χ1n) is 7.77. The minimum atomic E-state index is -0.401. The van der Waals surface area contributed by atoms with E-state index in [1.165, 1.54) is 0 Å². The topological polar surface area (TPSA) is 67.4 Å². The van der Waals surface area contributed by atoms with Crippen LogP contribution in [0.3, 0.4) is 0 Å². The molecule has 0 heterocycles. The van der Waals surface area contributed by atoms with Gasteiger partial charge in [0.1, 0.15) is 5.75 Å². The van der Waals surface area contributed by atoms with Gasteiger partial charge in [-0.15, -0.1) is 0 Å². The van der Waals surface area contributed by atoms with Crippen molar-refractivity contribution in [2.45, 2.75) is 26.2 Å². The molecule has 0 saturated carbocycles. The molecule has 0 bridgehead atoms. The van der Waals surface area contributed by atoms with Crippen molar-refractivity contribution in [3.8, 4) is 5.75 Å². The molecule has 2 N–H and O–H groups in total. The molecule has 0 aliphatic rings. The molecule has 132 valence electrons. The number of nitrogens with one attached hydrogen (secondary N) is 2. The number of hydrogen-bond donors (Lipinski definition) is 2. The number of methoxy groups -OCH3 is 1. The molecule has 0 saturated heterocycles. The van der Waals surface area contributed by atoms with E-state index >= 15 is 0 Å². The Balaban J connectivity index is 2.02. The van der Waals surface area contributed by atoms with Crippen LogP contribution in [-0.2, 0) is 5.41 Å². The van der Waals surface area contributed by atoms with Gasteiger partial charge in [-0.1, -0.05) is 42.8 Å². The van der Waals surface area contributed by atoms with Crippen LogP contribution in [0.1, 0.15) is 47.1 Å². The number of halogens is 1. The van der Waals surface area contributed by atoms with Crippen LogP contribution in [0.5, 0.6) is 5.75 Å². The molecular weight excluding hydrogens is 384 g/mol. The zero-order chi connectivity index (χ0) is 18.6. The summed E-state index contributed by atoms with van der Waals surface area (Å²) >= 11 is 3.50. The number of carbonyl (C=O) groups excluding carboxylic acids is 2. The van der Waals surface area contributed by atoms with E-state index in [1.807, 2.05) is 6.07 Å². The van der Waals surface area contributed by atoms with Gasteiger partial charge in [-0.2, -0.15) is 0 Å². The van der Waals surface area contributed by atoms with Crippen LogP contribution in [0.2, 0.25) is 0 Å². The van der Waals surface area contributed by atoms with Gasteiger partial charge in [0.2, 0.25) is 0 Å². The van der Waals surface area contributed by atoms with Gasteiger partial charge in [-0.3, -0.25) is 20.4 Å². The summed E-state index contributed by atoms with van der Waals surface area (Å²) in [5.41, 5.74) is 6.77. The average molecular weight is 405 g/mol. The van der Waals surface area contributed by atoms with Crippen LogP contribution < -0.4 is 15.6 Å². The maximum atomic E-state index is 12.2. The Labute approximate surface area is 155 Å². The van der Waals surface area contributed by atoms with Gasteiger partial charge in [-0.25, -0.2) is 0 Å². The van der Waals surface area contributed by atoms with E-state index in [0.29, 0.717) is 16.9 Å². The lowest BCUT2D eigenvalue weighted by molar-refractivity contribution is 0.0846. The van der Waals surface area contributed by atoms with Crippen molar-refractivity contribution >= 4 is 27.7 Å². The Morgan fingerprint density at radius 3 is 1.92 bits per heavy atom. The van der Waals surface area contributed by atoms with Crippen molar-refractivity contribution in [3.05, 3.63) is 63.6 Å². The summed E-state index contributed by atoms with van der Waals surface area (Å²) in [6, 6.07) is 12.0. The normalized spacial score (nSPS) is 10.9. The maximum absolute atomic E-state index is 12.2. The highest BCUT2D eigenvalue weighted by Crippen LogP contribution is 2.30. The second kappa shape index (κ2) is 7.70. The lowest BCUT2D eigenvalue weighted by Crippen LogP contribution is -2.41. The Hall–Kier alpha value is -2.34. The van der Waals surface area contributed by atoms with Crippen LogP contribution in [0.4, 0.5) is 0 Å². The molecule has 0 radical (unpaired) electrons. The van der Waals surface area contributed by atoms with E-state index in [4.69, 9.17) is 4.74 Å². The summed E-state index contributed by atoms with van der Waals surface area (Å²) in [6.45, 7) is 6.30. The predicted octanol–water partition coefficient (Wildman–Crippen LogP) is 3.83. The number of amides is 2. The van der Waals surface area contributed by atoms with E-state index < -0.39 is 5.91 Å². The molecule has 5 nitrogen and oxygen atoms in total. The first kappa shape index (κ1) is 19.0. The van der Waals surface area contributed by atoms with Crippen molar-refractivity contribution in [2.75, 3.05) is 7.11 Å². The minimum absolute atomic E-state index is 0.0313. The average Bonchev–Trinajstić information content (AvgIpc) is 2.58. The lowest BCUT2D eigenvalue weighted by atomic mass is 9.86. The SMILES string of the molecule is COc1ccc(C(=O)NNC(=O)c2ccc(C(C)(C)C)c(Br)c2)cc1. The van der Waals surface area contributed by atoms with Gasteiger partial charge >= 0.3 is 0 Å². The molecule has 2 aromatic rings. The van der Waals surface area contributed by atoms with Gasteiger partial charge in [0, 0.05) is 15.6 Å². The second-order valence-corrected chi connectivity index (χ2v) is 7.44. The molecule has 0 atom stereocenters. The fourth-order valence-corrected chi connectivity index (χ4v) is 3.24. The fraction of sp³-hybridized carbons (Fsp3) is 0.263. The zero-order valence-electron chi connectivity index (χ0n) is 14.6. The summed E-state index contributed by atoms with van der Waals surface area (Å²) in [7, 11) is 1.55. The summed E-state index contributed by atoms with van der Waals surface area (Å²) in [4.78, 5) is 24.3. The maximum Gasteiger partial charge on any atom is 0.269 e. The Bertz CT molecular complexity index is 780. The lowest BCUT2D eigenvalue weighted by Gasteiger charge is -2.21. The molecule has 2 amide bonds. The molecular formula is C19H21BrN2O3. The third-order valence-electron chi connectivity index (χ3n) is 3.68. The molecule has 2 rings (SSSR count). The fourth-order valence-electron chi connectivity index (χ4n) is 2.26. The first-order valence-corrected chi connectivity index (χ1v) is 8.56. The van der Waals surface area contributed by atoms with Gasteiger partial charge in [-0.05, 0) is 47.4 Å². The number of hydrogen-bond acceptors (Lipinski definition) is 3. The van der Waals surface area contributed by atoms with Crippen molar-refractivity contribution in [2.24, 2.45) is 0 Å². The molecule has 25 heavy (non-hydrogen) atoms. The van der Waals surface area contributed by atoms with E-state index in [9.17, 15) is 9.59 Å². The van der Waals surface area contributed by atoms with Crippen LogP contribution >= 0.6 is 15.9 Å². The molecule has 0 spiro atoms. The van der Waals surface area contributed by atoms with Crippen LogP contribution in [0, 0.1) is 0 Å². The summed E-state index contributed by atoms with van der Waals surface area (Å²) in [5.74, 6) is -0.131. The highest BCUT2D eigenvalue weighted by atomic mass is 79.9. The van der Waals surface area contributed by atoms with E-state index in [-0.39, 0.29) is 11.3 Å². The van der Waals surface area contributed by atoms with Crippen LogP contribution in [0.25, 0.3) is 0 Å². The molecule has 0 unspecified atom stereocenters. The first-order chi connectivity index (χ1) is 11.7. The van der Waals surface area contributed by atoms with Crippen LogP contribution in [0.15, 0.2) is 46.9 Å². The van der Waals surface area contributed by atoms with Crippen molar-refractivity contribution in [1.82, 2.24) is 10.9 Å². The Kier molecular flexibility index (Phi) is 5.85. The zero-order valence-corrected chi connectivity index (χ0v) is 16.2. The molecule has 2 aromatic carbocycles. The molecule has 0 fully saturated rings. The summed E-state index contributed by atoms with van der Waals surface area (Å²) in [5, 5.41) is 0. The number of ether oxygens (including phenoxy) is 1. The standard InChI is InChI=1S/C19H21BrN2O3/c1-19(2,3)15-10-7-13(11-16(15)20)18(24)22-21-17(23)12-5-8-14(25-4)9-6-12/h5-11H,1-4H3,(H,21,23)(H,22,24). The Morgan fingerprint density at radius 2 is 1.44 bits per heavy atom. The van der Waals surface area contributed by atoms with Crippen molar-refractivity contribution < 1.29 is 14.3 Å². The van der Waals surface area contributed by atoms with Gasteiger partial charge < -0.3 is 4.74 Å². The third kappa shape index (κ3) is 4.82. The number of carbonyl (C=O) groups is 2. The quantitative estimate of drug-likeness (QED) is 0.763. The van der Waals surface area contributed by atoms with Gasteiger partial charge in [0.25, 0.3) is 11.8 Å². The second-order valence-electron chi connectivity index (χ2n) is 6.58. The monoisotopic (exact) mass is 404 g/mol. The predicted molar refractivity (Wildman–Crippen MR) is 101 cm³/mol. The Morgan fingerprint density at radius 1 is 0.920 bits per heavy atom. The highest BCUT2D eigenvalue weighted by Gasteiger charge is 2.18. The summed E-state index contributed by atoms with van der Waals surface area (Å²) in [6.07, 6.45) is 0. The molecule has 0 aromatic heterocycles. The molecule has 6 heteroatoms. The van der Waals surface area contributed by atoms with Crippen molar-refractivity contribution in [1.29, 1.82) is 0 Å². The van der Waals surface area contributed by atoms with Crippen LogP contribution in [-0.4, -0.2) is 18.9 Å². The number of benzene rings is 2. The summed E-state index contributed by atoms with van der Waals surface area (Å²) < 4.78 is 5.90. The van der Waals surface area contributed by atoms with Gasteiger partial charge in [0.05, 0.1) is 7.11 Å². The number of rotatable bonds is 3. The minimum Gasteiger partial charge on any atom is -0.497 e. The van der Waals surface area contributed by atoms with E-state index in [2.05, 4.69) is 47.6 Å². The molecule has 0 aliphatic carbocycles. The van der Waals surface area contributed by atoms with E-state index in [1.54, 1.807) is 43.5 Å². The smallest absolute Gasteiger partial charge is 0.269 e. The van der Waals surface area contributed by atoms with Gasteiger partial charge in [0.15, 0.2) is 0 Å². The number of hydrazine groups is 1. The third-order valence-corrected chi connectivity index (χ3v) is 4.34. The highest BCUT2D eigenvalue weighted by molar-refractivity contribution is 9.10. The largest absolute Gasteiger partial charge is 0.497 e. The molecule has 0 aliphatic heterocycles. The van der Waals surface area contributed by atoms with Crippen molar-refractivity contribution in [3.63, 3.8) is 0 Å². The van der Waals surface area contributed by atoms with E-state index in [0.717, 1.165) is 10.0 Å².